The van der Waals surface area contributed by atoms with Crippen LogP contribution in [-0.2, 0) is 9.53 Å². The van der Waals surface area contributed by atoms with E-state index in [1.807, 2.05) is 0 Å². The van der Waals surface area contributed by atoms with Crippen LogP contribution in [0.2, 0.25) is 0 Å². The molecule has 5 nitrogen and oxygen atoms in total. The Hall–Kier alpha value is -2.45. The van der Waals surface area contributed by atoms with E-state index in [0.29, 0.717) is 6.20 Å². The zero-order valence-corrected chi connectivity index (χ0v) is 11.7. The van der Waals surface area contributed by atoms with Crippen molar-refractivity contribution in [1.82, 2.24) is 4.98 Å². The molecule has 0 aliphatic heterocycles. The highest BCUT2D eigenvalue weighted by Gasteiger charge is 2.41. The maximum atomic E-state index is 13.1. The van der Waals surface area contributed by atoms with Crippen LogP contribution < -0.4 is 5.73 Å². The molecular formula is C13H13F4N3O2. The second kappa shape index (κ2) is 7.01. The minimum Gasteiger partial charge on any atom is -0.462 e. The summed E-state index contributed by atoms with van der Waals surface area (Å²) < 4.78 is 56.8. The molecule has 1 rings (SSSR count). The number of pyridine rings is 1. The van der Waals surface area contributed by atoms with Crippen LogP contribution in [-0.4, -0.2) is 29.4 Å². The number of aryl methyl sites for hydroxylation is 1. The Balaban J connectivity index is 3.41. The SMILES string of the molecule is CCOC(=O)C(=CN)C(=Nc1ncc(F)cc1C)C(F)(F)F. The quantitative estimate of drug-likeness (QED) is 0.400. The first-order valence-corrected chi connectivity index (χ1v) is 6.08. The van der Waals surface area contributed by atoms with Gasteiger partial charge in [0.1, 0.15) is 11.4 Å². The molecule has 22 heavy (non-hydrogen) atoms. The smallest absolute Gasteiger partial charge is 0.434 e. The molecule has 0 atom stereocenters. The van der Waals surface area contributed by atoms with Crippen LogP contribution in [0.4, 0.5) is 23.4 Å². The van der Waals surface area contributed by atoms with Crippen LogP contribution in [0.1, 0.15) is 12.5 Å². The fraction of sp³-hybridized carbons (Fsp3) is 0.308. The van der Waals surface area contributed by atoms with Gasteiger partial charge in [0.2, 0.25) is 0 Å². The van der Waals surface area contributed by atoms with E-state index in [2.05, 4.69) is 14.7 Å². The van der Waals surface area contributed by atoms with Gasteiger partial charge in [-0.25, -0.2) is 19.2 Å². The number of rotatable bonds is 4. The second-order valence-electron chi connectivity index (χ2n) is 4.05. The lowest BCUT2D eigenvalue weighted by Gasteiger charge is -2.13. The predicted octanol–water partition coefficient (Wildman–Crippen LogP) is 2.57. The summed E-state index contributed by atoms with van der Waals surface area (Å²) in [5, 5.41) is 0. The van der Waals surface area contributed by atoms with Crippen LogP contribution >= 0.6 is 0 Å². The van der Waals surface area contributed by atoms with E-state index >= 15 is 0 Å². The van der Waals surface area contributed by atoms with Gasteiger partial charge in [-0.1, -0.05) is 0 Å². The lowest BCUT2D eigenvalue weighted by Crippen LogP contribution is -2.30. The normalized spacial score (nSPS) is 13.2. The maximum absolute atomic E-state index is 13.1. The molecule has 1 aromatic rings. The third-order valence-corrected chi connectivity index (χ3v) is 2.42. The highest BCUT2D eigenvalue weighted by Crippen LogP contribution is 2.27. The van der Waals surface area contributed by atoms with E-state index in [0.717, 1.165) is 12.3 Å². The Labute approximate surface area is 123 Å². The maximum Gasteiger partial charge on any atom is 0.434 e. The van der Waals surface area contributed by atoms with Crippen LogP contribution in [0.15, 0.2) is 29.0 Å². The Bertz CT molecular complexity index is 624. The third kappa shape index (κ3) is 4.27. The van der Waals surface area contributed by atoms with Gasteiger partial charge in [-0.05, 0) is 25.5 Å². The monoisotopic (exact) mass is 319 g/mol. The molecule has 0 fully saturated rings. The van der Waals surface area contributed by atoms with Crippen LogP contribution in [0.3, 0.4) is 0 Å². The summed E-state index contributed by atoms with van der Waals surface area (Å²) in [4.78, 5) is 18.3. The van der Waals surface area contributed by atoms with Crippen molar-refractivity contribution in [3.63, 3.8) is 0 Å². The lowest BCUT2D eigenvalue weighted by molar-refractivity contribution is -0.138. The Morgan fingerprint density at radius 2 is 2.14 bits per heavy atom. The second-order valence-corrected chi connectivity index (χ2v) is 4.05. The average molecular weight is 319 g/mol. The summed E-state index contributed by atoms with van der Waals surface area (Å²) >= 11 is 0. The molecule has 0 radical (unpaired) electrons. The summed E-state index contributed by atoms with van der Waals surface area (Å²) in [6, 6.07) is 0.968. The van der Waals surface area contributed by atoms with Gasteiger partial charge in [-0.15, -0.1) is 0 Å². The van der Waals surface area contributed by atoms with Crippen molar-refractivity contribution in [3.05, 3.63) is 35.4 Å². The third-order valence-electron chi connectivity index (χ3n) is 2.42. The minimum absolute atomic E-state index is 0.0713. The predicted molar refractivity (Wildman–Crippen MR) is 71.0 cm³/mol. The largest absolute Gasteiger partial charge is 0.462 e. The van der Waals surface area contributed by atoms with E-state index < -0.39 is 29.2 Å². The van der Waals surface area contributed by atoms with Crippen molar-refractivity contribution < 1.29 is 27.1 Å². The molecule has 0 spiro atoms. The summed E-state index contributed by atoms with van der Waals surface area (Å²) in [6.45, 7) is 2.64. The number of nitrogens with zero attached hydrogens (tertiary/aromatic N) is 2. The molecule has 2 N–H and O–H groups in total. The number of hydrogen-bond donors (Lipinski definition) is 1. The van der Waals surface area contributed by atoms with E-state index in [1.54, 1.807) is 0 Å². The molecule has 0 aromatic carbocycles. The van der Waals surface area contributed by atoms with Crippen LogP contribution in [0.25, 0.3) is 0 Å². The summed E-state index contributed by atoms with van der Waals surface area (Å²) in [7, 11) is 0. The Morgan fingerprint density at radius 1 is 1.50 bits per heavy atom. The van der Waals surface area contributed by atoms with Gasteiger partial charge in [-0.2, -0.15) is 13.2 Å². The molecule has 1 heterocycles. The zero-order valence-electron chi connectivity index (χ0n) is 11.7. The zero-order chi connectivity index (χ0) is 16.9. The summed E-state index contributed by atoms with van der Waals surface area (Å²) in [5.41, 5.74) is 2.66. The fourth-order valence-corrected chi connectivity index (χ4v) is 1.49. The van der Waals surface area contributed by atoms with Crippen molar-refractivity contribution >= 4 is 17.5 Å². The summed E-state index contributed by atoms with van der Waals surface area (Å²) in [5.74, 6) is -2.36. The molecular weight excluding hydrogens is 306 g/mol. The summed E-state index contributed by atoms with van der Waals surface area (Å²) in [6.07, 6.45) is -3.79. The molecule has 9 heteroatoms. The van der Waals surface area contributed by atoms with Gasteiger partial charge in [-0.3, -0.25) is 0 Å². The number of halogens is 4. The highest BCUT2D eigenvalue weighted by atomic mass is 19.4. The van der Waals surface area contributed by atoms with Crippen LogP contribution in [0, 0.1) is 12.7 Å². The first kappa shape index (κ1) is 17.6. The number of aliphatic imine (C=N–C) groups is 1. The van der Waals surface area contributed by atoms with Crippen molar-refractivity contribution in [3.8, 4) is 0 Å². The van der Waals surface area contributed by atoms with Gasteiger partial charge >= 0.3 is 12.1 Å². The lowest BCUT2D eigenvalue weighted by atomic mass is 10.1. The van der Waals surface area contributed by atoms with Crippen molar-refractivity contribution in [1.29, 1.82) is 0 Å². The number of esters is 1. The number of ether oxygens (including phenoxy) is 1. The topological polar surface area (TPSA) is 77.6 Å². The molecule has 0 unspecified atom stereocenters. The van der Waals surface area contributed by atoms with Gasteiger partial charge in [0.15, 0.2) is 11.5 Å². The Kier molecular flexibility index (Phi) is 5.61. The first-order chi connectivity index (χ1) is 10.2. The van der Waals surface area contributed by atoms with Gasteiger partial charge in [0.25, 0.3) is 0 Å². The molecule has 0 saturated carbocycles. The minimum atomic E-state index is -4.97. The molecule has 0 amide bonds. The average Bonchev–Trinajstić information content (AvgIpc) is 2.40. The number of aromatic nitrogens is 1. The molecule has 0 bridgehead atoms. The highest BCUT2D eigenvalue weighted by molar-refractivity contribution is 6.22. The van der Waals surface area contributed by atoms with E-state index in [9.17, 15) is 22.4 Å². The standard InChI is InChI=1S/C13H13F4N3O2/c1-3-22-12(21)9(5-18)10(13(15,16)17)20-11-7(2)4-8(14)6-19-11/h4-6H,3,18H2,1-2H3. The molecule has 0 aliphatic rings. The van der Waals surface area contributed by atoms with E-state index in [1.165, 1.54) is 13.8 Å². The molecule has 120 valence electrons. The number of alkyl halides is 3. The van der Waals surface area contributed by atoms with Crippen LogP contribution in [0.5, 0.6) is 0 Å². The Morgan fingerprint density at radius 3 is 2.59 bits per heavy atom. The first-order valence-electron chi connectivity index (χ1n) is 6.08. The number of carbonyl (C=O) groups excluding carboxylic acids is 1. The molecule has 0 saturated heterocycles. The number of carbonyl (C=O) groups is 1. The number of nitrogens with two attached hydrogens (primary N) is 1. The molecule has 1 aromatic heterocycles. The number of hydrogen-bond acceptors (Lipinski definition) is 5. The van der Waals surface area contributed by atoms with Crippen molar-refractivity contribution in [2.45, 2.75) is 20.0 Å². The van der Waals surface area contributed by atoms with E-state index in [4.69, 9.17) is 5.73 Å². The fourth-order valence-electron chi connectivity index (χ4n) is 1.49. The van der Waals surface area contributed by atoms with Gasteiger partial charge in [0, 0.05) is 6.20 Å². The van der Waals surface area contributed by atoms with Crippen molar-refractivity contribution in [2.75, 3.05) is 6.61 Å². The van der Waals surface area contributed by atoms with Gasteiger partial charge in [0.05, 0.1) is 12.8 Å². The van der Waals surface area contributed by atoms with Gasteiger partial charge < -0.3 is 10.5 Å². The van der Waals surface area contributed by atoms with Crippen molar-refractivity contribution in [2.24, 2.45) is 10.7 Å². The molecule has 0 aliphatic carbocycles. The van der Waals surface area contributed by atoms with E-state index in [-0.39, 0.29) is 18.0 Å².